The van der Waals surface area contributed by atoms with Crippen LogP contribution in [0.5, 0.6) is 5.75 Å². The number of aliphatic carboxylic acids is 1. The lowest BCUT2D eigenvalue weighted by atomic mass is 10.1. The summed E-state index contributed by atoms with van der Waals surface area (Å²) >= 11 is 0. The van der Waals surface area contributed by atoms with E-state index >= 15 is 0 Å². The smallest absolute Gasteiger partial charge is 0.328 e. The molecule has 19 heavy (non-hydrogen) atoms. The minimum Gasteiger partial charge on any atom is -0.489 e. The summed E-state index contributed by atoms with van der Waals surface area (Å²) in [5, 5.41) is 8.87. The van der Waals surface area contributed by atoms with Crippen LogP contribution in [0.4, 0.5) is 0 Å². The van der Waals surface area contributed by atoms with Gasteiger partial charge in [-0.3, -0.25) is 0 Å². The summed E-state index contributed by atoms with van der Waals surface area (Å²) in [7, 11) is 0. The van der Waals surface area contributed by atoms with Crippen molar-refractivity contribution in [2.75, 3.05) is 6.61 Å². The zero-order chi connectivity index (χ0) is 14.0. The van der Waals surface area contributed by atoms with Crippen molar-refractivity contribution in [2.45, 2.75) is 33.6 Å². The molecule has 0 atom stereocenters. The van der Waals surface area contributed by atoms with Gasteiger partial charge in [-0.25, -0.2) is 4.79 Å². The number of carboxylic acid groups (broad SMARTS) is 1. The second-order valence-electron chi connectivity index (χ2n) is 5.35. The Kier molecular flexibility index (Phi) is 3.93. The maximum Gasteiger partial charge on any atom is 0.328 e. The summed E-state index contributed by atoms with van der Waals surface area (Å²) in [5.41, 5.74) is 4.31. The summed E-state index contributed by atoms with van der Waals surface area (Å²) in [5.74, 6) is 0.396. The van der Waals surface area contributed by atoms with E-state index in [1.807, 2.05) is 13.8 Å². The Hall–Kier alpha value is -1.77. The number of hydrogen-bond donors (Lipinski definition) is 1. The Labute approximate surface area is 113 Å². The first-order chi connectivity index (χ1) is 8.97. The number of carbonyl (C=O) groups is 1. The number of aryl methyl sites for hydroxylation is 3. The molecule has 2 rings (SSSR count). The van der Waals surface area contributed by atoms with E-state index in [0.29, 0.717) is 12.5 Å². The highest BCUT2D eigenvalue weighted by Crippen LogP contribution is 2.37. The summed E-state index contributed by atoms with van der Waals surface area (Å²) in [6, 6.07) is 4.17. The lowest BCUT2D eigenvalue weighted by Gasteiger charge is -2.14. The van der Waals surface area contributed by atoms with E-state index in [-0.39, 0.29) is 0 Å². The zero-order valence-corrected chi connectivity index (χ0v) is 11.7. The van der Waals surface area contributed by atoms with Crippen molar-refractivity contribution in [2.24, 2.45) is 5.92 Å². The SMILES string of the molecule is Cc1cc(C)c(OC/C(=C/C(=O)O)C2CC2)c(C)c1. The van der Waals surface area contributed by atoms with Gasteiger partial charge in [-0.1, -0.05) is 17.7 Å². The van der Waals surface area contributed by atoms with Crippen LogP contribution in [-0.4, -0.2) is 17.7 Å². The third-order valence-corrected chi connectivity index (χ3v) is 3.40. The molecule has 1 saturated carbocycles. The molecule has 1 N–H and O–H groups in total. The molecule has 0 radical (unpaired) electrons. The molecule has 0 aromatic heterocycles. The molecule has 1 aromatic carbocycles. The van der Waals surface area contributed by atoms with Gasteiger partial charge in [0.1, 0.15) is 12.4 Å². The van der Waals surface area contributed by atoms with Gasteiger partial charge in [0.05, 0.1) is 0 Å². The van der Waals surface area contributed by atoms with Gasteiger partial charge < -0.3 is 9.84 Å². The average Bonchev–Trinajstić information content (AvgIpc) is 3.08. The summed E-state index contributed by atoms with van der Waals surface area (Å²) < 4.78 is 5.86. The van der Waals surface area contributed by atoms with Crippen molar-refractivity contribution in [3.05, 3.63) is 40.5 Å². The molecule has 0 heterocycles. The maximum absolute atomic E-state index is 10.8. The predicted molar refractivity (Wildman–Crippen MR) is 74.6 cm³/mol. The Morgan fingerprint density at radius 2 is 1.89 bits per heavy atom. The van der Waals surface area contributed by atoms with Crippen LogP contribution in [0.3, 0.4) is 0 Å². The van der Waals surface area contributed by atoms with Crippen molar-refractivity contribution in [3.63, 3.8) is 0 Å². The topological polar surface area (TPSA) is 46.5 Å². The van der Waals surface area contributed by atoms with Crippen molar-refractivity contribution in [1.29, 1.82) is 0 Å². The Balaban J connectivity index is 2.11. The predicted octanol–water partition coefficient (Wildman–Crippen LogP) is 3.41. The van der Waals surface area contributed by atoms with Gasteiger partial charge in [-0.15, -0.1) is 0 Å². The second-order valence-corrected chi connectivity index (χ2v) is 5.35. The molecular weight excluding hydrogens is 240 g/mol. The van der Waals surface area contributed by atoms with E-state index < -0.39 is 5.97 Å². The molecular formula is C16H20O3. The van der Waals surface area contributed by atoms with Crippen LogP contribution in [-0.2, 0) is 4.79 Å². The number of rotatable bonds is 5. The van der Waals surface area contributed by atoms with Gasteiger partial charge in [-0.05, 0) is 56.2 Å². The fourth-order valence-corrected chi connectivity index (χ4v) is 2.44. The molecule has 1 aliphatic carbocycles. The number of hydrogen-bond acceptors (Lipinski definition) is 2. The molecule has 0 aliphatic heterocycles. The lowest BCUT2D eigenvalue weighted by Crippen LogP contribution is -2.07. The van der Waals surface area contributed by atoms with E-state index in [0.717, 1.165) is 35.3 Å². The second kappa shape index (κ2) is 5.47. The number of benzene rings is 1. The quantitative estimate of drug-likeness (QED) is 0.825. The maximum atomic E-state index is 10.8. The van der Waals surface area contributed by atoms with Crippen LogP contribution < -0.4 is 4.74 Å². The van der Waals surface area contributed by atoms with Crippen molar-refractivity contribution in [3.8, 4) is 5.75 Å². The fourth-order valence-electron chi connectivity index (χ4n) is 2.44. The van der Waals surface area contributed by atoms with E-state index in [1.54, 1.807) is 0 Å². The van der Waals surface area contributed by atoms with Crippen molar-refractivity contribution < 1.29 is 14.6 Å². The number of carboxylic acids is 1. The molecule has 102 valence electrons. The fraction of sp³-hybridized carbons (Fsp3) is 0.438. The van der Waals surface area contributed by atoms with Crippen LogP contribution in [0.25, 0.3) is 0 Å². The average molecular weight is 260 g/mol. The van der Waals surface area contributed by atoms with Gasteiger partial charge in [-0.2, -0.15) is 0 Å². The lowest BCUT2D eigenvalue weighted by molar-refractivity contribution is -0.131. The first-order valence-electron chi connectivity index (χ1n) is 6.61. The molecule has 0 amide bonds. The largest absolute Gasteiger partial charge is 0.489 e. The molecule has 0 unspecified atom stereocenters. The monoisotopic (exact) mass is 260 g/mol. The highest BCUT2D eigenvalue weighted by atomic mass is 16.5. The third kappa shape index (κ3) is 3.60. The summed E-state index contributed by atoms with van der Waals surface area (Å²) in [4.78, 5) is 10.8. The molecule has 0 spiro atoms. The van der Waals surface area contributed by atoms with Crippen molar-refractivity contribution in [1.82, 2.24) is 0 Å². The standard InChI is InChI=1S/C16H20O3/c1-10-6-11(2)16(12(3)7-10)19-9-14(8-15(17)18)13-4-5-13/h6-8,13H,4-5,9H2,1-3H3,(H,17,18)/b14-8-. The van der Waals surface area contributed by atoms with Crippen molar-refractivity contribution >= 4 is 5.97 Å². The van der Waals surface area contributed by atoms with Gasteiger partial charge in [0.2, 0.25) is 0 Å². The Morgan fingerprint density at radius 3 is 2.37 bits per heavy atom. The molecule has 1 aromatic rings. The van der Waals surface area contributed by atoms with Gasteiger partial charge in [0.15, 0.2) is 0 Å². The van der Waals surface area contributed by atoms with Gasteiger partial charge >= 0.3 is 5.97 Å². The summed E-state index contributed by atoms with van der Waals surface area (Å²) in [6.07, 6.45) is 3.46. The molecule has 3 heteroatoms. The molecule has 1 aliphatic rings. The Bertz CT molecular complexity index is 502. The first-order valence-corrected chi connectivity index (χ1v) is 6.61. The molecule has 1 fully saturated rings. The van der Waals surface area contributed by atoms with Gasteiger partial charge in [0.25, 0.3) is 0 Å². The minimum absolute atomic E-state index is 0.377. The van der Waals surface area contributed by atoms with Crippen LogP contribution >= 0.6 is 0 Å². The third-order valence-electron chi connectivity index (χ3n) is 3.40. The zero-order valence-electron chi connectivity index (χ0n) is 11.7. The Morgan fingerprint density at radius 1 is 1.32 bits per heavy atom. The number of ether oxygens (including phenoxy) is 1. The van der Waals surface area contributed by atoms with E-state index in [1.165, 1.54) is 11.6 Å². The summed E-state index contributed by atoms with van der Waals surface area (Å²) in [6.45, 7) is 6.48. The van der Waals surface area contributed by atoms with Crippen LogP contribution in [0.1, 0.15) is 29.5 Å². The molecule has 3 nitrogen and oxygen atoms in total. The first kappa shape index (κ1) is 13.7. The van der Waals surface area contributed by atoms with E-state index in [4.69, 9.17) is 9.84 Å². The van der Waals surface area contributed by atoms with Crippen LogP contribution in [0.2, 0.25) is 0 Å². The van der Waals surface area contributed by atoms with Crippen LogP contribution in [0.15, 0.2) is 23.8 Å². The van der Waals surface area contributed by atoms with E-state index in [2.05, 4.69) is 19.1 Å². The highest BCUT2D eigenvalue weighted by molar-refractivity contribution is 5.81. The van der Waals surface area contributed by atoms with Crippen LogP contribution in [0, 0.1) is 26.7 Å². The minimum atomic E-state index is -0.886. The van der Waals surface area contributed by atoms with E-state index in [9.17, 15) is 4.79 Å². The normalized spacial score (nSPS) is 15.4. The molecule has 0 saturated heterocycles. The van der Waals surface area contributed by atoms with Gasteiger partial charge in [0, 0.05) is 6.08 Å². The molecule has 0 bridgehead atoms. The highest BCUT2D eigenvalue weighted by Gasteiger charge is 2.27.